The van der Waals surface area contributed by atoms with Crippen LogP contribution in [0.15, 0.2) is 42.7 Å². The van der Waals surface area contributed by atoms with Crippen molar-refractivity contribution in [1.29, 1.82) is 0 Å². The van der Waals surface area contributed by atoms with Crippen molar-refractivity contribution in [3.63, 3.8) is 0 Å². The third-order valence-electron chi connectivity index (χ3n) is 5.43. The summed E-state index contributed by atoms with van der Waals surface area (Å²) in [7, 11) is 0. The van der Waals surface area contributed by atoms with Crippen molar-refractivity contribution < 1.29 is 9.47 Å². The summed E-state index contributed by atoms with van der Waals surface area (Å²) in [5.74, 6) is 0.615. The van der Waals surface area contributed by atoms with Gasteiger partial charge in [-0.1, -0.05) is 17.7 Å². The summed E-state index contributed by atoms with van der Waals surface area (Å²) in [4.78, 5) is 9.12. The number of hydrogen-bond donors (Lipinski definition) is 1. The Morgan fingerprint density at radius 1 is 1.22 bits per heavy atom. The SMILES string of the molecule is Clc1ccc2ncc(-c3cccc(O[C@@H]4COC5(CCNCC5)C4)n3)n2c1. The zero-order valence-electron chi connectivity index (χ0n) is 14.9. The van der Waals surface area contributed by atoms with Gasteiger partial charge in [-0.15, -0.1) is 0 Å². The zero-order chi connectivity index (χ0) is 18.3. The molecule has 0 aromatic carbocycles. The molecule has 0 amide bonds. The summed E-state index contributed by atoms with van der Waals surface area (Å²) < 4.78 is 14.2. The number of aromatic nitrogens is 3. The number of pyridine rings is 2. The second-order valence-corrected chi connectivity index (χ2v) is 7.70. The maximum Gasteiger partial charge on any atom is 0.214 e. The fourth-order valence-corrected chi connectivity index (χ4v) is 4.21. The third-order valence-corrected chi connectivity index (χ3v) is 5.66. The Balaban J connectivity index is 1.37. The van der Waals surface area contributed by atoms with E-state index in [1.807, 2.05) is 40.9 Å². The van der Waals surface area contributed by atoms with Crippen molar-refractivity contribution in [2.75, 3.05) is 19.7 Å². The first-order chi connectivity index (χ1) is 13.2. The molecule has 3 aromatic rings. The van der Waals surface area contributed by atoms with Crippen LogP contribution in [0.3, 0.4) is 0 Å². The van der Waals surface area contributed by atoms with Crippen LogP contribution in [-0.4, -0.2) is 45.8 Å². The van der Waals surface area contributed by atoms with E-state index in [9.17, 15) is 0 Å². The largest absolute Gasteiger partial charge is 0.472 e. The maximum absolute atomic E-state index is 6.17. The second kappa shape index (κ2) is 6.78. The first kappa shape index (κ1) is 17.0. The van der Waals surface area contributed by atoms with E-state index in [-0.39, 0.29) is 11.7 Å². The number of piperidine rings is 1. The van der Waals surface area contributed by atoms with Gasteiger partial charge >= 0.3 is 0 Å². The van der Waals surface area contributed by atoms with Crippen LogP contribution in [0.4, 0.5) is 0 Å². The number of nitrogens with zero attached hydrogens (tertiary/aromatic N) is 3. The maximum atomic E-state index is 6.17. The summed E-state index contributed by atoms with van der Waals surface area (Å²) in [5, 5.41) is 4.05. The van der Waals surface area contributed by atoms with Crippen LogP contribution in [0.2, 0.25) is 5.02 Å². The van der Waals surface area contributed by atoms with E-state index in [4.69, 9.17) is 26.1 Å². The molecule has 7 heteroatoms. The standard InChI is InChI=1S/C20H21ClN4O2/c21-14-4-5-18-23-11-17(25(18)12-14)16-2-1-3-19(24-16)27-15-10-20(26-13-15)6-8-22-9-7-20/h1-5,11-12,15,22H,6-10,13H2/t15-/m0/s1. The normalized spacial score (nSPS) is 21.7. The van der Waals surface area contributed by atoms with E-state index in [0.29, 0.717) is 17.5 Å². The Labute approximate surface area is 162 Å². The molecule has 6 nitrogen and oxygen atoms in total. The fourth-order valence-electron chi connectivity index (χ4n) is 4.05. The van der Waals surface area contributed by atoms with Gasteiger partial charge in [0.2, 0.25) is 5.88 Å². The number of imidazole rings is 1. The molecule has 0 unspecified atom stereocenters. The molecule has 5 rings (SSSR count). The average molecular weight is 385 g/mol. The monoisotopic (exact) mass is 384 g/mol. The molecule has 0 bridgehead atoms. The molecule has 2 saturated heterocycles. The van der Waals surface area contributed by atoms with Crippen LogP contribution < -0.4 is 10.1 Å². The lowest BCUT2D eigenvalue weighted by Crippen LogP contribution is -2.41. The second-order valence-electron chi connectivity index (χ2n) is 7.27. The van der Waals surface area contributed by atoms with E-state index < -0.39 is 0 Å². The van der Waals surface area contributed by atoms with Crippen molar-refractivity contribution in [1.82, 2.24) is 19.7 Å². The van der Waals surface area contributed by atoms with Gasteiger partial charge in [0.1, 0.15) is 11.8 Å². The number of nitrogens with one attached hydrogen (secondary N) is 1. The van der Waals surface area contributed by atoms with Crippen LogP contribution in [-0.2, 0) is 4.74 Å². The summed E-state index contributed by atoms with van der Waals surface area (Å²) in [5.41, 5.74) is 2.50. The predicted molar refractivity (Wildman–Crippen MR) is 103 cm³/mol. The molecule has 1 atom stereocenters. The van der Waals surface area contributed by atoms with Crippen molar-refractivity contribution >= 4 is 17.2 Å². The topological polar surface area (TPSA) is 60.7 Å². The predicted octanol–water partition coefficient (Wildman–Crippen LogP) is 3.34. The molecule has 0 saturated carbocycles. The van der Waals surface area contributed by atoms with Crippen molar-refractivity contribution in [2.24, 2.45) is 0 Å². The molecule has 1 N–H and O–H groups in total. The Morgan fingerprint density at radius 3 is 3.00 bits per heavy atom. The smallest absolute Gasteiger partial charge is 0.214 e. The van der Waals surface area contributed by atoms with Crippen molar-refractivity contribution in [3.8, 4) is 17.3 Å². The summed E-state index contributed by atoms with van der Waals surface area (Å²) >= 11 is 6.14. The van der Waals surface area contributed by atoms with Crippen LogP contribution in [0.1, 0.15) is 19.3 Å². The van der Waals surface area contributed by atoms with Gasteiger partial charge in [0.25, 0.3) is 0 Å². The fraction of sp³-hybridized carbons (Fsp3) is 0.400. The van der Waals surface area contributed by atoms with Crippen molar-refractivity contribution in [3.05, 3.63) is 47.7 Å². The van der Waals surface area contributed by atoms with Gasteiger partial charge in [0.15, 0.2) is 0 Å². The van der Waals surface area contributed by atoms with E-state index >= 15 is 0 Å². The molecule has 5 heterocycles. The lowest BCUT2D eigenvalue weighted by molar-refractivity contribution is -0.0205. The van der Waals surface area contributed by atoms with Gasteiger partial charge in [-0.05, 0) is 44.1 Å². The first-order valence-electron chi connectivity index (χ1n) is 9.32. The molecular weight excluding hydrogens is 364 g/mol. The summed E-state index contributed by atoms with van der Waals surface area (Å²) in [6, 6.07) is 9.53. The molecule has 3 aromatic heterocycles. The minimum atomic E-state index is -0.0219. The molecule has 2 fully saturated rings. The van der Waals surface area contributed by atoms with Gasteiger partial charge in [-0.2, -0.15) is 0 Å². The Morgan fingerprint density at radius 2 is 2.11 bits per heavy atom. The Bertz CT molecular complexity index is 968. The first-order valence-corrected chi connectivity index (χ1v) is 9.70. The molecule has 27 heavy (non-hydrogen) atoms. The highest BCUT2D eigenvalue weighted by molar-refractivity contribution is 6.30. The number of hydrogen-bond acceptors (Lipinski definition) is 5. The molecular formula is C20H21ClN4O2. The van der Waals surface area contributed by atoms with Gasteiger partial charge in [0.05, 0.1) is 34.8 Å². The molecule has 2 aliphatic rings. The Hall–Kier alpha value is -2.15. The molecule has 2 aliphatic heterocycles. The van der Waals surface area contributed by atoms with Crippen molar-refractivity contribution in [2.45, 2.75) is 31.0 Å². The Kier molecular flexibility index (Phi) is 4.27. The van der Waals surface area contributed by atoms with E-state index in [2.05, 4.69) is 10.3 Å². The van der Waals surface area contributed by atoms with Gasteiger partial charge in [-0.25, -0.2) is 9.97 Å². The van der Waals surface area contributed by atoms with Crippen LogP contribution >= 0.6 is 11.6 Å². The van der Waals surface area contributed by atoms with E-state index in [0.717, 1.165) is 49.4 Å². The highest BCUT2D eigenvalue weighted by Gasteiger charge is 2.42. The van der Waals surface area contributed by atoms with Crippen LogP contribution in [0, 0.1) is 0 Å². The summed E-state index contributed by atoms with van der Waals surface area (Å²) in [6.07, 6.45) is 6.71. The number of rotatable bonds is 3. The van der Waals surface area contributed by atoms with Crippen LogP contribution in [0.5, 0.6) is 5.88 Å². The van der Waals surface area contributed by atoms with E-state index in [1.165, 1.54) is 0 Å². The van der Waals surface area contributed by atoms with Gasteiger partial charge in [-0.3, -0.25) is 4.40 Å². The minimum absolute atomic E-state index is 0.0219. The number of halogens is 1. The highest BCUT2D eigenvalue weighted by Crippen LogP contribution is 2.35. The van der Waals surface area contributed by atoms with Gasteiger partial charge in [0, 0.05) is 18.7 Å². The number of ether oxygens (including phenoxy) is 2. The molecule has 1 spiro atoms. The number of fused-ring (bicyclic) bond motifs is 1. The molecule has 140 valence electrons. The van der Waals surface area contributed by atoms with Crippen LogP contribution in [0.25, 0.3) is 17.0 Å². The lowest BCUT2D eigenvalue weighted by atomic mass is 9.89. The minimum Gasteiger partial charge on any atom is -0.472 e. The molecule has 0 aliphatic carbocycles. The summed E-state index contributed by atoms with van der Waals surface area (Å²) in [6.45, 7) is 2.64. The molecule has 0 radical (unpaired) electrons. The highest BCUT2D eigenvalue weighted by atomic mass is 35.5. The lowest BCUT2D eigenvalue weighted by Gasteiger charge is -2.32. The third kappa shape index (κ3) is 3.29. The van der Waals surface area contributed by atoms with E-state index in [1.54, 1.807) is 6.20 Å². The van der Waals surface area contributed by atoms with Gasteiger partial charge < -0.3 is 14.8 Å². The quantitative estimate of drug-likeness (QED) is 0.750. The zero-order valence-corrected chi connectivity index (χ0v) is 15.7. The average Bonchev–Trinajstić information content (AvgIpc) is 3.27.